The smallest absolute Gasteiger partial charge is 0.192 e. The van der Waals surface area contributed by atoms with Crippen molar-refractivity contribution in [1.82, 2.24) is 4.98 Å². The van der Waals surface area contributed by atoms with E-state index >= 15 is 0 Å². The summed E-state index contributed by atoms with van der Waals surface area (Å²) in [5.41, 5.74) is 6.30. The van der Waals surface area contributed by atoms with Crippen LogP contribution in [0.2, 0.25) is 0 Å². The maximum atomic E-state index is 11.1. The molecule has 0 aliphatic rings. The highest BCUT2D eigenvalue weighted by Crippen LogP contribution is 2.23. The number of nitriles is 1. The first-order valence-corrected chi connectivity index (χ1v) is 5.35. The second-order valence-electron chi connectivity index (χ2n) is 2.75. The minimum absolute atomic E-state index is 0.0819. The van der Waals surface area contributed by atoms with Crippen molar-refractivity contribution in [2.45, 2.75) is 11.9 Å². The van der Waals surface area contributed by atoms with Crippen molar-refractivity contribution in [3.8, 4) is 6.07 Å². The van der Waals surface area contributed by atoms with E-state index in [0.29, 0.717) is 5.56 Å². The zero-order valence-electron chi connectivity index (χ0n) is 7.25. The Morgan fingerprint density at radius 1 is 1.54 bits per heavy atom. The summed E-state index contributed by atoms with van der Waals surface area (Å²) in [6.07, 6.45) is 1.04. The lowest BCUT2D eigenvalue weighted by molar-refractivity contribution is 0.599. The van der Waals surface area contributed by atoms with Gasteiger partial charge in [-0.25, -0.2) is 8.42 Å². The second kappa shape index (κ2) is 2.78. The highest BCUT2D eigenvalue weighted by molar-refractivity contribution is 7.90. The summed E-state index contributed by atoms with van der Waals surface area (Å²) in [6.45, 7) is 1.60. The number of anilines is 1. The van der Waals surface area contributed by atoms with Crippen molar-refractivity contribution in [1.29, 1.82) is 5.26 Å². The molecule has 0 amide bonds. The monoisotopic (exact) mass is 199 g/mol. The highest BCUT2D eigenvalue weighted by Gasteiger charge is 2.18. The van der Waals surface area contributed by atoms with Crippen molar-refractivity contribution < 1.29 is 8.42 Å². The molecular formula is C7H9N3O2S. The maximum Gasteiger partial charge on any atom is 0.192 e. The number of nitrogens with two attached hydrogens (primary N) is 1. The lowest BCUT2D eigenvalue weighted by Crippen LogP contribution is -2.01. The number of nitrogens with one attached hydrogen (secondary N) is 1. The number of aromatic amines is 1. The molecule has 5 nitrogen and oxygen atoms in total. The first-order chi connectivity index (χ1) is 5.88. The molecule has 1 rings (SSSR count). The average Bonchev–Trinajstić information content (AvgIpc) is 2.28. The van der Waals surface area contributed by atoms with Crippen molar-refractivity contribution in [2.24, 2.45) is 0 Å². The molecular weight excluding hydrogens is 190 g/mol. The Morgan fingerprint density at radius 2 is 2.08 bits per heavy atom. The van der Waals surface area contributed by atoms with Crippen LogP contribution in [0.15, 0.2) is 5.03 Å². The minimum Gasteiger partial charge on any atom is -0.396 e. The van der Waals surface area contributed by atoms with E-state index in [1.165, 1.54) is 0 Å². The summed E-state index contributed by atoms with van der Waals surface area (Å²) in [7, 11) is -3.38. The van der Waals surface area contributed by atoms with Crippen LogP contribution in [0.4, 0.5) is 5.69 Å². The molecule has 1 aromatic heterocycles. The molecule has 0 radical (unpaired) electrons. The molecule has 0 saturated heterocycles. The summed E-state index contributed by atoms with van der Waals surface area (Å²) in [5.74, 6) is 0. The molecule has 3 N–H and O–H groups in total. The third-order valence-electron chi connectivity index (χ3n) is 1.74. The Morgan fingerprint density at radius 3 is 2.31 bits per heavy atom. The van der Waals surface area contributed by atoms with Gasteiger partial charge < -0.3 is 10.7 Å². The first kappa shape index (κ1) is 9.61. The molecule has 0 bridgehead atoms. The molecule has 0 saturated carbocycles. The molecule has 0 aliphatic carbocycles. The number of H-pyrrole nitrogens is 1. The van der Waals surface area contributed by atoms with Crippen LogP contribution < -0.4 is 5.73 Å². The van der Waals surface area contributed by atoms with E-state index in [2.05, 4.69) is 4.98 Å². The van der Waals surface area contributed by atoms with Gasteiger partial charge in [0.25, 0.3) is 0 Å². The third-order valence-corrected chi connectivity index (χ3v) is 2.81. The Hall–Kier alpha value is -1.48. The van der Waals surface area contributed by atoms with Gasteiger partial charge in [-0.1, -0.05) is 0 Å². The lowest BCUT2D eigenvalue weighted by atomic mass is 10.2. The first-order valence-electron chi connectivity index (χ1n) is 3.46. The van der Waals surface area contributed by atoms with Gasteiger partial charge in [-0.2, -0.15) is 5.26 Å². The summed E-state index contributed by atoms with van der Waals surface area (Å²) in [4.78, 5) is 2.47. The van der Waals surface area contributed by atoms with E-state index in [9.17, 15) is 8.42 Å². The van der Waals surface area contributed by atoms with Gasteiger partial charge in [-0.15, -0.1) is 0 Å². The van der Waals surface area contributed by atoms with Crippen LogP contribution in [0.3, 0.4) is 0 Å². The van der Waals surface area contributed by atoms with Gasteiger partial charge in [0.15, 0.2) is 14.9 Å². The van der Waals surface area contributed by atoms with E-state index in [1.807, 2.05) is 6.07 Å². The van der Waals surface area contributed by atoms with Crippen LogP contribution >= 0.6 is 0 Å². The molecule has 0 aliphatic heterocycles. The Kier molecular flexibility index (Phi) is 2.05. The van der Waals surface area contributed by atoms with E-state index < -0.39 is 9.84 Å². The Balaban J connectivity index is 3.54. The molecule has 0 atom stereocenters. The fraction of sp³-hybridized carbons (Fsp3) is 0.286. The van der Waals surface area contributed by atoms with Gasteiger partial charge in [-0.05, 0) is 6.92 Å². The minimum atomic E-state index is -3.38. The summed E-state index contributed by atoms with van der Waals surface area (Å²) in [6, 6.07) is 1.83. The standard InChI is InChI=1S/C7H9N3O2S/c1-4-5(3-8)10-7(6(4)9)13(2,11)12/h10H,9H2,1-2H3. The van der Waals surface area contributed by atoms with Crippen LogP contribution in [0.25, 0.3) is 0 Å². The van der Waals surface area contributed by atoms with Crippen molar-refractivity contribution in [3.05, 3.63) is 11.3 Å². The van der Waals surface area contributed by atoms with Gasteiger partial charge in [0.2, 0.25) is 0 Å². The molecule has 0 aromatic carbocycles. The van der Waals surface area contributed by atoms with Crippen molar-refractivity contribution in [3.63, 3.8) is 0 Å². The quantitative estimate of drug-likeness (QED) is 0.673. The number of nitrogens with zero attached hydrogens (tertiary/aromatic N) is 1. The number of sulfone groups is 1. The molecule has 6 heteroatoms. The van der Waals surface area contributed by atoms with Gasteiger partial charge in [-0.3, -0.25) is 0 Å². The zero-order chi connectivity index (χ0) is 10.2. The van der Waals surface area contributed by atoms with Crippen LogP contribution in [-0.2, 0) is 9.84 Å². The average molecular weight is 199 g/mol. The predicted octanol–water partition coefficient (Wildman–Crippen LogP) is 0.180. The van der Waals surface area contributed by atoms with E-state index in [-0.39, 0.29) is 16.4 Å². The zero-order valence-corrected chi connectivity index (χ0v) is 8.07. The maximum absolute atomic E-state index is 11.1. The van der Waals surface area contributed by atoms with Gasteiger partial charge in [0.05, 0.1) is 5.69 Å². The fourth-order valence-electron chi connectivity index (χ4n) is 0.984. The molecule has 1 heterocycles. The Bertz CT molecular complexity index is 479. The summed E-state index contributed by atoms with van der Waals surface area (Å²) < 4.78 is 22.2. The molecule has 1 aromatic rings. The Labute approximate surface area is 76.1 Å². The van der Waals surface area contributed by atoms with E-state index in [1.54, 1.807) is 6.92 Å². The fourth-order valence-corrected chi connectivity index (χ4v) is 1.82. The van der Waals surface area contributed by atoms with Gasteiger partial charge in [0, 0.05) is 11.8 Å². The molecule has 70 valence electrons. The summed E-state index contributed by atoms with van der Waals surface area (Å²) in [5, 5.41) is 8.51. The van der Waals surface area contributed by atoms with Crippen LogP contribution in [-0.4, -0.2) is 19.7 Å². The van der Waals surface area contributed by atoms with E-state index in [4.69, 9.17) is 11.0 Å². The van der Waals surface area contributed by atoms with Crippen molar-refractivity contribution in [2.75, 3.05) is 12.0 Å². The third kappa shape index (κ3) is 1.51. The van der Waals surface area contributed by atoms with E-state index in [0.717, 1.165) is 6.26 Å². The molecule has 0 spiro atoms. The van der Waals surface area contributed by atoms with Crippen molar-refractivity contribution >= 4 is 15.5 Å². The molecule has 13 heavy (non-hydrogen) atoms. The topological polar surface area (TPSA) is 99.7 Å². The number of rotatable bonds is 1. The van der Waals surface area contributed by atoms with Crippen LogP contribution in [0.1, 0.15) is 11.3 Å². The molecule has 0 unspecified atom stereocenters. The number of aromatic nitrogens is 1. The van der Waals surface area contributed by atoms with Crippen LogP contribution in [0.5, 0.6) is 0 Å². The van der Waals surface area contributed by atoms with Crippen LogP contribution in [0, 0.1) is 18.3 Å². The normalized spacial score (nSPS) is 11.2. The summed E-state index contributed by atoms with van der Waals surface area (Å²) >= 11 is 0. The van der Waals surface area contributed by atoms with Gasteiger partial charge >= 0.3 is 0 Å². The second-order valence-corrected chi connectivity index (χ2v) is 4.70. The largest absolute Gasteiger partial charge is 0.396 e. The predicted molar refractivity (Wildman–Crippen MR) is 47.8 cm³/mol. The number of nitrogen functional groups attached to an aromatic ring is 1. The van der Waals surface area contributed by atoms with Gasteiger partial charge in [0.1, 0.15) is 11.8 Å². The molecule has 0 fully saturated rings. The highest BCUT2D eigenvalue weighted by atomic mass is 32.2. The SMILES string of the molecule is Cc1c(C#N)[nH]c(S(C)(=O)=O)c1N. The lowest BCUT2D eigenvalue weighted by Gasteiger charge is -1.94. The number of hydrogen-bond donors (Lipinski definition) is 2. The number of hydrogen-bond acceptors (Lipinski definition) is 4.